The highest BCUT2D eigenvalue weighted by Crippen LogP contribution is 2.26. The first kappa shape index (κ1) is 18.8. The highest BCUT2D eigenvalue weighted by Gasteiger charge is 2.18. The maximum Gasteiger partial charge on any atom is 0.276 e. The summed E-state index contributed by atoms with van der Waals surface area (Å²) >= 11 is 0. The first-order valence-electron chi connectivity index (χ1n) is 9.13. The molecule has 1 aliphatic heterocycles. The zero-order valence-corrected chi connectivity index (χ0v) is 15.7. The third-order valence-electron chi connectivity index (χ3n) is 4.58. The van der Waals surface area contributed by atoms with Gasteiger partial charge in [0.05, 0.1) is 6.54 Å². The third-order valence-corrected chi connectivity index (χ3v) is 4.58. The van der Waals surface area contributed by atoms with Crippen molar-refractivity contribution in [3.05, 3.63) is 59.2 Å². The van der Waals surface area contributed by atoms with E-state index in [1.54, 1.807) is 0 Å². The highest BCUT2D eigenvalue weighted by atomic mass is 16.5. The van der Waals surface area contributed by atoms with Crippen molar-refractivity contribution in [2.45, 2.75) is 26.7 Å². The van der Waals surface area contributed by atoms with E-state index in [1.165, 1.54) is 5.56 Å². The summed E-state index contributed by atoms with van der Waals surface area (Å²) in [5.41, 5.74) is 9.23. The van der Waals surface area contributed by atoms with Gasteiger partial charge in [-0.3, -0.25) is 20.4 Å². The molecule has 3 rings (SSSR count). The molecule has 27 heavy (non-hydrogen) atoms. The Morgan fingerprint density at radius 2 is 1.85 bits per heavy atom. The van der Waals surface area contributed by atoms with E-state index in [1.807, 2.05) is 55.1 Å². The number of aryl methyl sites for hydroxylation is 3. The van der Waals surface area contributed by atoms with E-state index < -0.39 is 5.91 Å². The number of ether oxygens (including phenoxy) is 1. The van der Waals surface area contributed by atoms with Gasteiger partial charge in [-0.15, -0.1) is 0 Å². The third kappa shape index (κ3) is 5.00. The molecule has 0 aromatic heterocycles. The van der Waals surface area contributed by atoms with E-state index in [0.29, 0.717) is 5.75 Å². The van der Waals surface area contributed by atoms with E-state index in [-0.39, 0.29) is 19.1 Å². The molecule has 6 nitrogen and oxygen atoms in total. The quantitative estimate of drug-likeness (QED) is 0.796. The number of hydrogen-bond acceptors (Lipinski definition) is 4. The molecule has 1 heterocycles. The van der Waals surface area contributed by atoms with E-state index in [4.69, 9.17) is 4.74 Å². The molecule has 0 atom stereocenters. The molecule has 6 heteroatoms. The minimum Gasteiger partial charge on any atom is -0.483 e. The number of para-hydroxylation sites is 1. The number of carbonyl (C=O) groups excluding carboxylic acids is 2. The summed E-state index contributed by atoms with van der Waals surface area (Å²) in [7, 11) is 0. The first-order valence-corrected chi connectivity index (χ1v) is 9.13. The Balaban J connectivity index is 1.45. The average Bonchev–Trinajstić information content (AvgIpc) is 2.67. The molecule has 0 bridgehead atoms. The minimum absolute atomic E-state index is 0.156. The Hall–Kier alpha value is -3.02. The van der Waals surface area contributed by atoms with E-state index in [0.717, 1.165) is 36.2 Å². The predicted octanol–water partition coefficient (Wildman–Crippen LogP) is 2.28. The number of carbonyl (C=O) groups is 2. The van der Waals surface area contributed by atoms with Crippen molar-refractivity contribution in [3.63, 3.8) is 0 Å². The van der Waals surface area contributed by atoms with Gasteiger partial charge in [0.1, 0.15) is 5.75 Å². The number of fused-ring (bicyclic) bond motifs is 1. The molecule has 1 aliphatic rings. The smallest absolute Gasteiger partial charge is 0.276 e. The summed E-state index contributed by atoms with van der Waals surface area (Å²) < 4.78 is 5.53. The van der Waals surface area contributed by atoms with Gasteiger partial charge >= 0.3 is 0 Å². The summed E-state index contributed by atoms with van der Waals surface area (Å²) in [4.78, 5) is 26.2. The molecule has 2 aromatic rings. The maximum atomic E-state index is 12.2. The highest BCUT2D eigenvalue weighted by molar-refractivity contribution is 5.85. The molecule has 0 aliphatic carbocycles. The lowest BCUT2D eigenvalue weighted by Crippen LogP contribution is -2.48. The van der Waals surface area contributed by atoms with Crippen molar-refractivity contribution in [3.8, 4) is 5.75 Å². The molecule has 0 saturated heterocycles. The molecule has 0 unspecified atom stereocenters. The molecule has 0 fully saturated rings. The summed E-state index contributed by atoms with van der Waals surface area (Å²) in [5, 5.41) is 0. The van der Waals surface area contributed by atoms with Gasteiger partial charge in [0, 0.05) is 12.2 Å². The normalized spacial score (nSPS) is 12.9. The monoisotopic (exact) mass is 367 g/mol. The summed E-state index contributed by atoms with van der Waals surface area (Å²) in [6.45, 7) is 4.76. The number of hydrazine groups is 1. The second-order valence-electron chi connectivity index (χ2n) is 6.81. The number of anilines is 1. The molecule has 0 radical (unpaired) electrons. The number of amides is 2. The van der Waals surface area contributed by atoms with Crippen molar-refractivity contribution in [1.29, 1.82) is 0 Å². The van der Waals surface area contributed by atoms with Crippen LogP contribution in [0.1, 0.15) is 23.1 Å². The summed E-state index contributed by atoms with van der Waals surface area (Å²) in [6.07, 6.45) is 2.04. The summed E-state index contributed by atoms with van der Waals surface area (Å²) in [6, 6.07) is 13.9. The average molecular weight is 367 g/mol. The zero-order chi connectivity index (χ0) is 19.2. The van der Waals surface area contributed by atoms with Crippen LogP contribution in [0.3, 0.4) is 0 Å². The van der Waals surface area contributed by atoms with Crippen LogP contribution in [-0.4, -0.2) is 31.5 Å². The van der Waals surface area contributed by atoms with Crippen LogP contribution in [0.2, 0.25) is 0 Å². The van der Waals surface area contributed by atoms with Crippen LogP contribution in [0.25, 0.3) is 0 Å². The molecule has 2 amide bonds. The molecule has 2 aromatic carbocycles. The zero-order valence-electron chi connectivity index (χ0n) is 15.7. The van der Waals surface area contributed by atoms with Gasteiger partial charge in [-0.25, -0.2) is 0 Å². The van der Waals surface area contributed by atoms with Crippen molar-refractivity contribution in [2.24, 2.45) is 0 Å². The molecule has 0 saturated carbocycles. The second kappa shape index (κ2) is 8.58. The maximum absolute atomic E-state index is 12.2. The molecular formula is C21H25N3O3. The van der Waals surface area contributed by atoms with Gasteiger partial charge in [-0.05, 0) is 55.5 Å². The number of rotatable bonds is 5. The fraction of sp³-hybridized carbons (Fsp3) is 0.333. The largest absolute Gasteiger partial charge is 0.483 e. The standard InChI is InChI=1S/C21H25N3O3/c1-15-9-10-16(2)19(12-15)27-14-21(26)23-22-20(25)13-24-11-5-7-17-6-3-4-8-18(17)24/h3-4,6,8-10,12H,5,7,11,13-14H2,1-2H3,(H,22,25)(H,23,26). The van der Waals surface area contributed by atoms with Crippen LogP contribution in [0.15, 0.2) is 42.5 Å². The van der Waals surface area contributed by atoms with E-state index >= 15 is 0 Å². The van der Waals surface area contributed by atoms with Crippen LogP contribution in [0, 0.1) is 13.8 Å². The molecule has 0 spiro atoms. The molecule has 142 valence electrons. The van der Waals surface area contributed by atoms with Crippen LogP contribution in [0.4, 0.5) is 5.69 Å². The van der Waals surface area contributed by atoms with Crippen LogP contribution in [-0.2, 0) is 16.0 Å². The van der Waals surface area contributed by atoms with Gasteiger partial charge in [-0.1, -0.05) is 30.3 Å². The lowest BCUT2D eigenvalue weighted by molar-refractivity contribution is -0.129. The first-order chi connectivity index (χ1) is 13.0. The lowest BCUT2D eigenvalue weighted by atomic mass is 10.0. The van der Waals surface area contributed by atoms with Gasteiger partial charge < -0.3 is 9.64 Å². The number of benzene rings is 2. The van der Waals surface area contributed by atoms with Crippen molar-refractivity contribution >= 4 is 17.5 Å². The van der Waals surface area contributed by atoms with Gasteiger partial charge in [-0.2, -0.15) is 0 Å². The van der Waals surface area contributed by atoms with Crippen LogP contribution in [0.5, 0.6) is 5.75 Å². The van der Waals surface area contributed by atoms with E-state index in [2.05, 4.69) is 16.9 Å². The predicted molar refractivity (Wildman–Crippen MR) is 105 cm³/mol. The Bertz CT molecular complexity index is 835. The fourth-order valence-electron chi connectivity index (χ4n) is 3.17. The number of nitrogens with zero attached hydrogens (tertiary/aromatic N) is 1. The Kier molecular flexibility index (Phi) is 5.96. The Morgan fingerprint density at radius 1 is 1.07 bits per heavy atom. The van der Waals surface area contributed by atoms with Gasteiger partial charge in [0.2, 0.25) is 0 Å². The van der Waals surface area contributed by atoms with Gasteiger partial charge in [0.25, 0.3) is 11.8 Å². The number of hydrogen-bond donors (Lipinski definition) is 2. The Labute approximate surface area is 159 Å². The van der Waals surface area contributed by atoms with E-state index in [9.17, 15) is 9.59 Å². The van der Waals surface area contributed by atoms with Crippen molar-refractivity contribution in [2.75, 3.05) is 24.6 Å². The SMILES string of the molecule is Cc1ccc(C)c(OCC(=O)NNC(=O)CN2CCCc3ccccc32)c1. The lowest BCUT2D eigenvalue weighted by Gasteiger charge is -2.30. The molecular weight excluding hydrogens is 342 g/mol. The van der Waals surface area contributed by atoms with Crippen molar-refractivity contribution < 1.29 is 14.3 Å². The second-order valence-corrected chi connectivity index (χ2v) is 6.81. The van der Waals surface area contributed by atoms with Crippen LogP contribution < -0.4 is 20.5 Å². The van der Waals surface area contributed by atoms with Gasteiger partial charge in [0.15, 0.2) is 6.61 Å². The Morgan fingerprint density at radius 3 is 2.70 bits per heavy atom. The number of nitrogens with one attached hydrogen (secondary N) is 2. The fourth-order valence-corrected chi connectivity index (χ4v) is 3.17. The summed E-state index contributed by atoms with van der Waals surface area (Å²) in [5.74, 6) is 0.0106. The topological polar surface area (TPSA) is 70.7 Å². The minimum atomic E-state index is -0.400. The van der Waals surface area contributed by atoms with Crippen molar-refractivity contribution in [1.82, 2.24) is 10.9 Å². The molecule has 2 N–H and O–H groups in total. The van der Waals surface area contributed by atoms with Crippen LogP contribution >= 0.6 is 0 Å².